The van der Waals surface area contributed by atoms with Crippen molar-refractivity contribution in [3.05, 3.63) is 28.0 Å². The molecule has 0 atom stereocenters. The number of carbonyl (C=O) groups is 1. The first-order valence-corrected chi connectivity index (χ1v) is 4.49. The number of alkyl halides is 3. The van der Waals surface area contributed by atoms with Gasteiger partial charge >= 0.3 is 0 Å². The second kappa shape index (κ2) is 4.66. The molecule has 14 heavy (non-hydrogen) atoms. The monoisotopic (exact) mass is 239 g/mol. The molecule has 0 N–H and O–H groups in total. The molecule has 0 aliphatic carbocycles. The van der Waals surface area contributed by atoms with Gasteiger partial charge in [0, 0.05) is 11.8 Å². The normalized spacial score (nSPS) is 10.6. The van der Waals surface area contributed by atoms with Gasteiger partial charge in [0.05, 0.1) is 16.5 Å². The Balaban J connectivity index is 3.35. The van der Waals surface area contributed by atoms with Gasteiger partial charge in [-0.2, -0.15) is 0 Å². The Morgan fingerprint density at radius 2 is 2.21 bits per heavy atom. The van der Waals surface area contributed by atoms with E-state index in [0.717, 1.165) is 6.20 Å². The number of hydrogen-bond acceptors (Lipinski definition) is 2. The van der Waals surface area contributed by atoms with Crippen LogP contribution in [0.15, 0.2) is 6.20 Å². The summed E-state index contributed by atoms with van der Waals surface area (Å²) in [7, 11) is 0. The van der Waals surface area contributed by atoms with E-state index in [2.05, 4.69) is 4.98 Å². The molecular weight excluding hydrogens is 235 g/mol. The fourth-order valence-corrected chi connectivity index (χ4v) is 1.47. The lowest BCUT2D eigenvalue weighted by Crippen LogP contribution is -2.01. The number of carbonyl (C=O) groups excluding carboxylic acids is 1. The van der Waals surface area contributed by atoms with Gasteiger partial charge in [-0.15, -0.1) is 11.6 Å². The van der Waals surface area contributed by atoms with Crippen molar-refractivity contribution in [2.24, 2.45) is 0 Å². The van der Waals surface area contributed by atoms with Gasteiger partial charge in [-0.1, -0.05) is 11.6 Å². The number of halogens is 4. The van der Waals surface area contributed by atoms with Gasteiger partial charge in [0.1, 0.15) is 5.69 Å². The maximum Gasteiger partial charge on any atom is 0.281 e. The zero-order chi connectivity index (χ0) is 10.7. The van der Waals surface area contributed by atoms with Gasteiger partial charge in [0.15, 0.2) is 6.29 Å². The third kappa shape index (κ3) is 2.01. The van der Waals surface area contributed by atoms with E-state index in [1.165, 1.54) is 0 Å². The van der Waals surface area contributed by atoms with Crippen LogP contribution in [0.25, 0.3) is 0 Å². The van der Waals surface area contributed by atoms with Gasteiger partial charge in [-0.25, -0.2) is 8.78 Å². The summed E-state index contributed by atoms with van der Waals surface area (Å²) in [6.45, 7) is 0. The highest BCUT2D eigenvalue weighted by molar-refractivity contribution is 6.34. The standard InChI is InChI=1S/C8H5Cl2F2NO/c9-1-4-2-13-7(8(11)12)5(3-14)6(4)10/h2-3,8H,1H2. The van der Waals surface area contributed by atoms with Crippen molar-refractivity contribution >= 4 is 29.5 Å². The van der Waals surface area contributed by atoms with Crippen molar-refractivity contribution in [2.45, 2.75) is 12.3 Å². The van der Waals surface area contributed by atoms with Crippen molar-refractivity contribution in [1.82, 2.24) is 4.98 Å². The predicted molar refractivity (Wildman–Crippen MR) is 49.1 cm³/mol. The third-order valence-corrected chi connectivity index (χ3v) is 2.36. The molecule has 0 saturated heterocycles. The topological polar surface area (TPSA) is 30.0 Å². The number of nitrogens with zero attached hydrogens (tertiary/aromatic N) is 1. The molecule has 0 bridgehead atoms. The first-order chi connectivity index (χ1) is 6.61. The molecule has 6 heteroatoms. The van der Waals surface area contributed by atoms with E-state index >= 15 is 0 Å². The summed E-state index contributed by atoms with van der Waals surface area (Å²) < 4.78 is 24.6. The Morgan fingerprint density at radius 1 is 1.57 bits per heavy atom. The Labute approximate surface area is 88.8 Å². The number of pyridine rings is 1. The average molecular weight is 240 g/mol. The summed E-state index contributed by atoms with van der Waals surface area (Å²) in [6.07, 6.45) is -1.42. The molecule has 1 aromatic heterocycles. The Hall–Kier alpha value is -0.740. The van der Waals surface area contributed by atoms with Gasteiger partial charge in [-0.05, 0) is 0 Å². The van der Waals surface area contributed by atoms with Crippen LogP contribution in [0.3, 0.4) is 0 Å². The second-order valence-electron chi connectivity index (χ2n) is 2.45. The molecule has 0 aromatic carbocycles. The number of hydrogen-bond donors (Lipinski definition) is 0. The molecule has 1 rings (SSSR count). The van der Waals surface area contributed by atoms with Crippen molar-refractivity contribution in [3.8, 4) is 0 Å². The summed E-state index contributed by atoms with van der Waals surface area (Å²) in [4.78, 5) is 14.0. The van der Waals surface area contributed by atoms with Crippen molar-refractivity contribution in [2.75, 3.05) is 0 Å². The minimum Gasteiger partial charge on any atom is -0.298 e. The molecule has 76 valence electrons. The van der Waals surface area contributed by atoms with E-state index in [1.54, 1.807) is 0 Å². The van der Waals surface area contributed by atoms with E-state index in [1.807, 2.05) is 0 Å². The average Bonchev–Trinajstić information content (AvgIpc) is 2.17. The number of aldehydes is 1. The van der Waals surface area contributed by atoms with E-state index in [-0.39, 0.29) is 22.8 Å². The van der Waals surface area contributed by atoms with Crippen molar-refractivity contribution < 1.29 is 13.6 Å². The molecule has 0 amide bonds. The van der Waals surface area contributed by atoms with Gasteiger partial charge in [0.25, 0.3) is 6.43 Å². The molecule has 2 nitrogen and oxygen atoms in total. The highest BCUT2D eigenvalue weighted by Crippen LogP contribution is 2.28. The van der Waals surface area contributed by atoms with Crippen LogP contribution in [0.1, 0.15) is 28.0 Å². The zero-order valence-corrected chi connectivity index (χ0v) is 8.32. The predicted octanol–water partition coefficient (Wildman–Crippen LogP) is 3.22. The van der Waals surface area contributed by atoms with E-state index in [9.17, 15) is 13.6 Å². The molecule has 1 heterocycles. The van der Waals surface area contributed by atoms with Crippen LogP contribution in [0.5, 0.6) is 0 Å². The number of rotatable bonds is 3. The van der Waals surface area contributed by atoms with Gasteiger partial charge < -0.3 is 0 Å². The minimum atomic E-state index is -2.82. The molecule has 0 fully saturated rings. The number of aromatic nitrogens is 1. The summed E-state index contributed by atoms with van der Waals surface area (Å²) in [5.74, 6) is 0.0240. The molecule has 0 unspecified atom stereocenters. The minimum absolute atomic E-state index is 0.0240. The van der Waals surface area contributed by atoms with Gasteiger partial charge in [0.2, 0.25) is 0 Å². The van der Waals surface area contributed by atoms with Crippen LogP contribution in [0.2, 0.25) is 5.02 Å². The quantitative estimate of drug-likeness (QED) is 0.599. The van der Waals surface area contributed by atoms with Crippen LogP contribution in [0, 0.1) is 0 Å². The largest absolute Gasteiger partial charge is 0.298 e. The first kappa shape index (κ1) is 11.3. The molecular formula is C8H5Cl2F2NO. The molecule has 1 aromatic rings. The van der Waals surface area contributed by atoms with E-state index < -0.39 is 12.1 Å². The van der Waals surface area contributed by atoms with Crippen molar-refractivity contribution in [3.63, 3.8) is 0 Å². The van der Waals surface area contributed by atoms with E-state index in [0.29, 0.717) is 5.56 Å². The third-order valence-electron chi connectivity index (χ3n) is 1.62. The van der Waals surface area contributed by atoms with Crippen LogP contribution < -0.4 is 0 Å². The molecule has 0 saturated carbocycles. The van der Waals surface area contributed by atoms with E-state index in [4.69, 9.17) is 23.2 Å². The SMILES string of the molecule is O=Cc1c(C(F)F)ncc(CCl)c1Cl. The molecule has 0 radical (unpaired) electrons. The van der Waals surface area contributed by atoms with Crippen molar-refractivity contribution in [1.29, 1.82) is 0 Å². The lowest BCUT2D eigenvalue weighted by atomic mass is 10.1. The zero-order valence-electron chi connectivity index (χ0n) is 6.81. The molecule has 0 aliphatic rings. The fourth-order valence-electron chi connectivity index (χ4n) is 0.938. The summed E-state index contributed by atoms with van der Waals surface area (Å²) in [5, 5.41) is -0.0553. The second-order valence-corrected chi connectivity index (χ2v) is 3.09. The summed E-state index contributed by atoms with van der Waals surface area (Å²) in [6, 6.07) is 0. The lowest BCUT2D eigenvalue weighted by molar-refractivity contribution is 0.110. The Bertz CT molecular complexity index is 357. The maximum atomic E-state index is 12.3. The first-order valence-electron chi connectivity index (χ1n) is 3.58. The smallest absolute Gasteiger partial charge is 0.281 e. The Kier molecular flexibility index (Phi) is 3.77. The summed E-state index contributed by atoms with van der Waals surface area (Å²) >= 11 is 11.1. The van der Waals surface area contributed by atoms with Gasteiger partial charge in [-0.3, -0.25) is 9.78 Å². The van der Waals surface area contributed by atoms with Crippen LogP contribution in [-0.2, 0) is 5.88 Å². The highest BCUT2D eigenvalue weighted by Gasteiger charge is 2.18. The Morgan fingerprint density at radius 3 is 2.64 bits per heavy atom. The summed E-state index contributed by atoms with van der Waals surface area (Å²) in [5.41, 5.74) is -0.543. The maximum absolute atomic E-state index is 12.3. The van der Waals surface area contributed by atoms with Crippen LogP contribution >= 0.6 is 23.2 Å². The molecule has 0 spiro atoms. The fraction of sp³-hybridized carbons (Fsp3) is 0.250. The van der Waals surface area contributed by atoms with Crippen LogP contribution in [-0.4, -0.2) is 11.3 Å². The molecule has 0 aliphatic heterocycles. The van der Waals surface area contributed by atoms with Crippen LogP contribution in [0.4, 0.5) is 8.78 Å². The lowest BCUT2D eigenvalue weighted by Gasteiger charge is -2.07. The highest BCUT2D eigenvalue weighted by atomic mass is 35.5.